The van der Waals surface area contributed by atoms with Crippen LogP contribution in [0.3, 0.4) is 0 Å². The fourth-order valence-corrected chi connectivity index (χ4v) is 3.19. The van der Waals surface area contributed by atoms with Crippen LogP contribution >= 0.6 is 11.8 Å². The molecule has 1 aromatic rings. The summed E-state index contributed by atoms with van der Waals surface area (Å²) in [6.07, 6.45) is 7.22. The first kappa shape index (κ1) is 13.0. The Morgan fingerprint density at radius 3 is 2.79 bits per heavy atom. The number of hydrogen-bond donors (Lipinski definition) is 2. The first-order valence-electron chi connectivity index (χ1n) is 7.11. The minimum Gasteiger partial charge on any atom is -0.352 e. The van der Waals surface area contributed by atoms with Crippen LogP contribution in [0, 0.1) is 0 Å². The molecular formula is C13H20N4OS. The highest BCUT2D eigenvalue weighted by atomic mass is 32.2. The molecule has 1 amide bonds. The number of nitrogens with zero attached hydrogens (tertiary/aromatic N) is 2. The summed E-state index contributed by atoms with van der Waals surface area (Å²) in [7, 11) is 0. The maximum Gasteiger partial charge on any atom is 0.233 e. The lowest BCUT2D eigenvalue weighted by molar-refractivity contribution is -0.120. The zero-order valence-corrected chi connectivity index (χ0v) is 12.0. The molecule has 0 aliphatic heterocycles. The molecule has 5 nitrogen and oxygen atoms in total. The SMILES string of the molecule is CC(Sc1n[nH]c(C2CCCC2)n1)C(=O)NC1CC1. The van der Waals surface area contributed by atoms with Gasteiger partial charge in [-0.2, -0.15) is 0 Å². The van der Waals surface area contributed by atoms with Gasteiger partial charge in [-0.05, 0) is 32.6 Å². The van der Waals surface area contributed by atoms with Crippen molar-refractivity contribution in [2.24, 2.45) is 0 Å². The highest BCUT2D eigenvalue weighted by molar-refractivity contribution is 8.00. The molecule has 1 aromatic heterocycles. The van der Waals surface area contributed by atoms with Gasteiger partial charge < -0.3 is 5.32 Å². The summed E-state index contributed by atoms with van der Waals surface area (Å²) in [6.45, 7) is 1.91. The third-order valence-corrected chi connectivity index (χ3v) is 4.76. The van der Waals surface area contributed by atoms with Crippen LogP contribution in [-0.4, -0.2) is 32.4 Å². The number of carbonyl (C=O) groups excluding carboxylic acids is 1. The summed E-state index contributed by atoms with van der Waals surface area (Å²) >= 11 is 1.44. The molecular weight excluding hydrogens is 260 g/mol. The van der Waals surface area contributed by atoms with Gasteiger partial charge in [-0.25, -0.2) is 4.98 Å². The van der Waals surface area contributed by atoms with Crippen LogP contribution in [-0.2, 0) is 4.79 Å². The van der Waals surface area contributed by atoms with Gasteiger partial charge in [0.15, 0.2) is 0 Å². The van der Waals surface area contributed by atoms with Crippen LogP contribution in [0.25, 0.3) is 0 Å². The lowest BCUT2D eigenvalue weighted by atomic mass is 10.1. The summed E-state index contributed by atoms with van der Waals surface area (Å²) in [5.74, 6) is 1.63. The molecule has 0 saturated heterocycles. The highest BCUT2D eigenvalue weighted by Gasteiger charge is 2.27. The standard InChI is InChI=1S/C13H20N4OS/c1-8(12(18)14-10-6-7-10)19-13-15-11(16-17-13)9-4-2-3-5-9/h8-10H,2-7H2,1H3,(H,14,18)(H,15,16,17). The summed E-state index contributed by atoms with van der Waals surface area (Å²) in [5.41, 5.74) is 0. The molecule has 2 aliphatic carbocycles. The Morgan fingerprint density at radius 2 is 2.11 bits per heavy atom. The van der Waals surface area contributed by atoms with Crippen molar-refractivity contribution in [3.63, 3.8) is 0 Å². The van der Waals surface area contributed by atoms with E-state index in [1.165, 1.54) is 37.4 Å². The number of amides is 1. The lowest BCUT2D eigenvalue weighted by Crippen LogP contribution is -2.32. The molecule has 2 aliphatic rings. The normalized spacial score (nSPS) is 21.5. The Morgan fingerprint density at radius 1 is 1.37 bits per heavy atom. The number of aromatic amines is 1. The van der Waals surface area contributed by atoms with E-state index in [4.69, 9.17) is 0 Å². The number of H-pyrrole nitrogens is 1. The zero-order valence-electron chi connectivity index (χ0n) is 11.2. The third kappa shape index (κ3) is 3.29. The van der Waals surface area contributed by atoms with Crippen LogP contribution in [0.1, 0.15) is 57.2 Å². The van der Waals surface area contributed by atoms with Crippen molar-refractivity contribution in [2.45, 2.75) is 67.8 Å². The van der Waals surface area contributed by atoms with E-state index in [9.17, 15) is 4.79 Å². The van der Waals surface area contributed by atoms with Gasteiger partial charge in [0, 0.05) is 12.0 Å². The average Bonchev–Trinajstić information content (AvgIpc) is 2.90. The van der Waals surface area contributed by atoms with Crippen molar-refractivity contribution in [1.29, 1.82) is 0 Å². The molecule has 2 N–H and O–H groups in total. The van der Waals surface area contributed by atoms with Crippen LogP contribution in [0.4, 0.5) is 0 Å². The Balaban J connectivity index is 1.54. The monoisotopic (exact) mass is 280 g/mol. The quantitative estimate of drug-likeness (QED) is 0.811. The van der Waals surface area contributed by atoms with Gasteiger partial charge in [-0.3, -0.25) is 9.89 Å². The zero-order chi connectivity index (χ0) is 13.2. The summed E-state index contributed by atoms with van der Waals surface area (Å²) in [5, 5.41) is 10.8. The number of carbonyl (C=O) groups is 1. The second kappa shape index (κ2) is 5.53. The van der Waals surface area contributed by atoms with Crippen LogP contribution < -0.4 is 5.32 Å². The molecule has 3 rings (SSSR count). The molecule has 2 fully saturated rings. The molecule has 1 unspecified atom stereocenters. The fourth-order valence-electron chi connectivity index (χ4n) is 2.45. The van der Waals surface area contributed by atoms with E-state index in [1.54, 1.807) is 0 Å². The molecule has 1 atom stereocenters. The molecule has 0 bridgehead atoms. The molecule has 2 saturated carbocycles. The van der Waals surface area contributed by atoms with Crippen LogP contribution in [0.2, 0.25) is 0 Å². The van der Waals surface area contributed by atoms with Gasteiger partial charge in [0.25, 0.3) is 0 Å². The largest absolute Gasteiger partial charge is 0.352 e. The number of nitrogens with one attached hydrogen (secondary N) is 2. The maximum atomic E-state index is 11.9. The van der Waals surface area contributed by atoms with Crippen molar-refractivity contribution < 1.29 is 4.79 Å². The predicted octanol–water partition coefficient (Wildman–Crippen LogP) is 2.22. The van der Waals surface area contributed by atoms with Gasteiger partial charge in [-0.1, -0.05) is 24.6 Å². The average molecular weight is 280 g/mol. The molecule has 19 heavy (non-hydrogen) atoms. The van der Waals surface area contributed by atoms with Crippen molar-refractivity contribution >= 4 is 17.7 Å². The van der Waals surface area contributed by atoms with Gasteiger partial charge in [-0.15, -0.1) is 5.10 Å². The second-order valence-corrected chi connectivity index (χ2v) is 6.84. The Hall–Kier alpha value is -1.04. The highest BCUT2D eigenvalue weighted by Crippen LogP contribution is 2.33. The van der Waals surface area contributed by atoms with Crippen molar-refractivity contribution in [2.75, 3.05) is 0 Å². The second-order valence-electron chi connectivity index (χ2n) is 5.53. The maximum absolute atomic E-state index is 11.9. The molecule has 1 heterocycles. The van der Waals surface area contributed by atoms with Crippen molar-refractivity contribution in [3.05, 3.63) is 5.82 Å². The number of rotatable bonds is 5. The van der Waals surface area contributed by atoms with Crippen molar-refractivity contribution in [1.82, 2.24) is 20.5 Å². The van der Waals surface area contributed by atoms with Crippen molar-refractivity contribution in [3.8, 4) is 0 Å². The van der Waals surface area contributed by atoms with E-state index >= 15 is 0 Å². The molecule has 0 radical (unpaired) electrons. The van der Waals surface area contributed by atoms with Crippen LogP contribution in [0.5, 0.6) is 0 Å². The first-order valence-corrected chi connectivity index (χ1v) is 7.99. The number of hydrogen-bond acceptors (Lipinski definition) is 4. The first-order chi connectivity index (χ1) is 9.22. The summed E-state index contributed by atoms with van der Waals surface area (Å²) in [6, 6.07) is 0.414. The van der Waals surface area contributed by atoms with E-state index in [0.717, 1.165) is 18.7 Å². The number of thioether (sulfide) groups is 1. The fraction of sp³-hybridized carbons (Fsp3) is 0.769. The van der Waals surface area contributed by atoms with Gasteiger partial charge >= 0.3 is 0 Å². The van der Waals surface area contributed by atoms with E-state index in [1.807, 2.05) is 6.92 Å². The Labute approximate surface area is 117 Å². The number of aromatic nitrogens is 3. The predicted molar refractivity (Wildman–Crippen MR) is 74.1 cm³/mol. The van der Waals surface area contributed by atoms with Gasteiger partial charge in [0.05, 0.1) is 5.25 Å². The van der Waals surface area contributed by atoms with Crippen LogP contribution in [0.15, 0.2) is 5.16 Å². The van der Waals surface area contributed by atoms with E-state index in [-0.39, 0.29) is 11.2 Å². The molecule has 104 valence electrons. The van der Waals surface area contributed by atoms with Gasteiger partial charge in [0.2, 0.25) is 11.1 Å². The summed E-state index contributed by atoms with van der Waals surface area (Å²) in [4.78, 5) is 16.4. The minimum absolute atomic E-state index is 0.0970. The third-order valence-electron chi connectivity index (χ3n) is 3.80. The Kier molecular flexibility index (Phi) is 3.77. The topological polar surface area (TPSA) is 70.7 Å². The molecule has 0 aromatic carbocycles. The van der Waals surface area contributed by atoms with E-state index < -0.39 is 0 Å². The lowest BCUT2D eigenvalue weighted by Gasteiger charge is -2.08. The Bertz CT molecular complexity index is 451. The summed E-state index contributed by atoms with van der Waals surface area (Å²) < 4.78 is 0. The minimum atomic E-state index is -0.132. The van der Waals surface area contributed by atoms with Gasteiger partial charge in [0.1, 0.15) is 5.82 Å². The molecule has 0 spiro atoms. The smallest absolute Gasteiger partial charge is 0.233 e. The van der Waals surface area contributed by atoms with E-state index in [2.05, 4.69) is 20.5 Å². The molecule has 6 heteroatoms. The van der Waals surface area contributed by atoms with E-state index in [0.29, 0.717) is 17.1 Å².